The van der Waals surface area contributed by atoms with E-state index in [4.69, 9.17) is 32.9 Å². The van der Waals surface area contributed by atoms with Gasteiger partial charge in [-0.1, -0.05) is 85.6 Å². The highest BCUT2D eigenvalue weighted by molar-refractivity contribution is 6.35. The summed E-state index contributed by atoms with van der Waals surface area (Å²) in [5, 5.41) is 8.10. The first-order valence-corrected chi connectivity index (χ1v) is 16.4. The molecule has 5 atom stereocenters. The number of carbonyl (C=O) groups is 1. The molecule has 1 amide bonds. The number of nitrogens with zero attached hydrogens (tertiary/aromatic N) is 3. The Kier molecular flexibility index (Phi) is 8.50. The van der Waals surface area contributed by atoms with E-state index in [1.807, 2.05) is 25.7 Å². The van der Waals surface area contributed by atoms with E-state index in [0.717, 1.165) is 59.3 Å². The molecule has 6 rings (SSSR count). The quantitative estimate of drug-likeness (QED) is 0.333. The van der Waals surface area contributed by atoms with Crippen LogP contribution in [0.5, 0.6) is 0 Å². The number of hydrogen-bond acceptors (Lipinski definition) is 6. The van der Waals surface area contributed by atoms with Gasteiger partial charge in [-0.05, 0) is 69.2 Å². The number of ether oxygens (including phenoxy) is 1. The van der Waals surface area contributed by atoms with E-state index in [1.54, 1.807) is 0 Å². The van der Waals surface area contributed by atoms with Crippen molar-refractivity contribution in [2.45, 2.75) is 77.7 Å². The molecule has 4 heterocycles. The molecule has 44 heavy (non-hydrogen) atoms. The Morgan fingerprint density at radius 3 is 2.07 bits per heavy atom. The molecule has 0 aromatic heterocycles. The second-order valence-corrected chi connectivity index (χ2v) is 14.7. The second kappa shape index (κ2) is 12.1. The first-order chi connectivity index (χ1) is 20.9. The van der Waals surface area contributed by atoms with Gasteiger partial charge >= 0.3 is 6.09 Å². The van der Waals surface area contributed by atoms with E-state index in [-0.39, 0.29) is 18.3 Å². The fourth-order valence-electron chi connectivity index (χ4n) is 7.04. The van der Waals surface area contributed by atoms with Crippen molar-refractivity contribution in [1.82, 2.24) is 20.4 Å². The molecular weight excluding hydrogens is 593 g/mol. The van der Waals surface area contributed by atoms with Gasteiger partial charge in [0.05, 0.1) is 11.7 Å². The van der Waals surface area contributed by atoms with Crippen LogP contribution >= 0.6 is 23.2 Å². The van der Waals surface area contributed by atoms with E-state index in [0.29, 0.717) is 34.7 Å². The van der Waals surface area contributed by atoms with Crippen LogP contribution in [0.15, 0.2) is 63.8 Å². The summed E-state index contributed by atoms with van der Waals surface area (Å²) in [5.74, 6) is 1.05. The van der Waals surface area contributed by atoms with E-state index in [2.05, 4.69) is 85.0 Å². The van der Waals surface area contributed by atoms with Gasteiger partial charge in [0, 0.05) is 42.4 Å². The molecule has 4 aliphatic rings. The number of allylic oxidation sites excluding steroid dienone is 1. The number of likely N-dealkylation sites (tertiary alicyclic amines) is 2. The van der Waals surface area contributed by atoms with Crippen LogP contribution in [0.4, 0.5) is 4.79 Å². The summed E-state index contributed by atoms with van der Waals surface area (Å²) in [6.07, 6.45) is 2.33. The first-order valence-electron chi connectivity index (χ1n) is 15.7. The molecule has 2 saturated heterocycles. The lowest BCUT2D eigenvalue weighted by atomic mass is 9.95. The van der Waals surface area contributed by atoms with Gasteiger partial charge in [0.25, 0.3) is 0 Å². The fraction of sp³-hybridized carbons (Fsp3) is 0.486. The lowest BCUT2D eigenvalue weighted by Crippen LogP contribution is -2.52. The highest BCUT2D eigenvalue weighted by Crippen LogP contribution is 2.37. The van der Waals surface area contributed by atoms with Crippen LogP contribution in [-0.4, -0.2) is 65.6 Å². The van der Waals surface area contributed by atoms with Crippen LogP contribution in [0.2, 0.25) is 0 Å². The van der Waals surface area contributed by atoms with Crippen LogP contribution in [0, 0.1) is 11.8 Å². The smallest absolute Gasteiger partial charge is 0.410 e. The van der Waals surface area contributed by atoms with Crippen molar-refractivity contribution < 1.29 is 9.53 Å². The maximum atomic E-state index is 13.0. The van der Waals surface area contributed by atoms with Crippen LogP contribution in [0.1, 0.15) is 65.0 Å². The van der Waals surface area contributed by atoms with Gasteiger partial charge in [-0.3, -0.25) is 4.90 Å². The Labute approximate surface area is 271 Å². The monoisotopic (exact) mass is 635 g/mol. The molecule has 0 aliphatic carbocycles. The molecule has 2 aromatic rings. The summed E-state index contributed by atoms with van der Waals surface area (Å²) < 4.78 is 5.70. The van der Waals surface area contributed by atoms with E-state index >= 15 is 0 Å². The third-order valence-corrected chi connectivity index (χ3v) is 9.71. The van der Waals surface area contributed by atoms with Crippen molar-refractivity contribution in [3.8, 4) is 11.1 Å². The lowest BCUT2D eigenvalue weighted by molar-refractivity contribution is 0.0192. The maximum absolute atomic E-state index is 13.0. The van der Waals surface area contributed by atoms with Gasteiger partial charge in [0.1, 0.15) is 22.1 Å². The van der Waals surface area contributed by atoms with Gasteiger partial charge in [-0.2, -0.15) is 0 Å². The number of amides is 1. The van der Waals surface area contributed by atoms with E-state index < -0.39 is 5.60 Å². The third-order valence-electron chi connectivity index (χ3n) is 9.10. The molecule has 0 saturated carbocycles. The molecule has 2 aromatic carbocycles. The SMILES string of the molecule is C[C@H]1C[C@@H](C2=NC(Cl)=C(c3ccc(-c4ccc(C5=C(Cl)NC([C@@H]6C[C@H](C)CN6C(=O)OC(C)(C)C)N5)cc4)cc3)C2)N(C)C1. The first kappa shape index (κ1) is 31.0. The van der Waals surface area contributed by atoms with Gasteiger partial charge < -0.3 is 20.3 Å². The number of carbonyl (C=O) groups excluding carboxylic acids is 1. The standard InChI is InChI=1S/C35H43Cl2N5O2/c1-20-15-28(41(6)18-20)27-17-26(31(36)38-27)24-11-7-22(8-12-24)23-9-13-25(14-10-23)30-32(37)40-33(39-30)29-16-21(2)19-42(29)34(43)44-35(3,4)5/h7-14,20-21,28-29,33,39-40H,15-19H2,1-6H3/t20-,21-,28-,29-,33?/m0/s1. The zero-order valence-corrected chi connectivity index (χ0v) is 28.0. The minimum atomic E-state index is -0.545. The predicted octanol–water partition coefficient (Wildman–Crippen LogP) is 7.48. The molecule has 0 radical (unpaired) electrons. The van der Waals surface area contributed by atoms with Gasteiger partial charge in [0.15, 0.2) is 0 Å². The molecule has 0 spiro atoms. The summed E-state index contributed by atoms with van der Waals surface area (Å²) in [4.78, 5) is 22.0. The molecular formula is C35H43Cl2N5O2. The zero-order valence-electron chi connectivity index (χ0n) is 26.5. The van der Waals surface area contributed by atoms with Crippen molar-refractivity contribution in [2.75, 3.05) is 20.1 Å². The van der Waals surface area contributed by atoms with Crippen molar-refractivity contribution in [1.29, 1.82) is 0 Å². The van der Waals surface area contributed by atoms with Crippen LogP contribution in [-0.2, 0) is 4.74 Å². The molecule has 1 unspecified atom stereocenters. The Hall–Kier alpha value is -3.00. The number of nitrogens with one attached hydrogen (secondary N) is 2. The molecule has 234 valence electrons. The summed E-state index contributed by atoms with van der Waals surface area (Å²) >= 11 is 13.4. The Morgan fingerprint density at radius 1 is 0.886 bits per heavy atom. The molecule has 2 N–H and O–H groups in total. The van der Waals surface area contributed by atoms with Crippen molar-refractivity contribution in [3.63, 3.8) is 0 Å². The number of halogens is 2. The third kappa shape index (κ3) is 6.37. The molecule has 9 heteroatoms. The average Bonchev–Trinajstić information content (AvgIpc) is 3.73. The molecule has 0 bridgehead atoms. The topological polar surface area (TPSA) is 69.2 Å². The molecule has 2 fully saturated rings. The van der Waals surface area contributed by atoms with Crippen LogP contribution in [0.3, 0.4) is 0 Å². The zero-order chi connectivity index (χ0) is 31.3. The lowest BCUT2D eigenvalue weighted by Gasteiger charge is -2.32. The van der Waals surface area contributed by atoms with Crippen LogP contribution in [0.25, 0.3) is 22.4 Å². The van der Waals surface area contributed by atoms with E-state index in [1.165, 1.54) is 5.71 Å². The summed E-state index contributed by atoms with van der Waals surface area (Å²) in [5.41, 5.74) is 6.93. The largest absolute Gasteiger partial charge is 0.444 e. The molecule has 4 aliphatic heterocycles. The number of aliphatic imine (C=N–C) groups is 1. The number of rotatable bonds is 5. The Bertz CT molecular complexity index is 1510. The summed E-state index contributed by atoms with van der Waals surface area (Å²) in [6, 6.07) is 17.3. The van der Waals surface area contributed by atoms with Crippen molar-refractivity contribution >= 4 is 46.3 Å². The second-order valence-electron chi connectivity index (χ2n) is 14.0. The molecule has 7 nitrogen and oxygen atoms in total. The summed E-state index contributed by atoms with van der Waals surface area (Å²) in [6.45, 7) is 11.9. The van der Waals surface area contributed by atoms with Crippen molar-refractivity contribution in [3.05, 3.63) is 70.0 Å². The highest BCUT2D eigenvalue weighted by atomic mass is 35.5. The minimum absolute atomic E-state index is 0.0727. The van der Waals surface area contributed by atoms with Gasteiger partial charge in [0.2, 0.25) is 0 Å². The average molecular weight is 637 g/mol. The van der Waals surface area contributed by atoms with Gasteiger partial charge in [-0.25, -0.2) is 9.79 Å². The van der Waals surface area contributed by atoms with Crippen LogP contribution < -0.4 is 10.6 Å². The van der Waals surface area contributed by atoms with Crippen molar-refractivity contribution in [2.24, 2.45) is 16.8 Å². The van der Waals surface area contributed by atoms with E-state index in [9.17, 15) is 4.79 Å². The Morgan fingerprint density at radius 2 is 1.48 bits per heavy atom. The Balaban J connectivity index is 1.10. The number of hydrogen-bond donors (Lipinski definition) is 2. The minimum Gasteiger partial charge on any atom is -0.444 e. The number of benzene rings is 2. The highest BCUT2D eigenvalue weighted by Gasteiger charge is 2.42. The summed E-state index contributed by atoms with van der Waals surface area (Å²) in [7, 11) is 2.18. The maximum Gasteiger partial charge on any atom is 0.410 e. The van der Waals surface area contributed by atoms with Gasteiger partial charge in [-0.15, -0.1) is 0 Å². The normalized spacial score (nSPS) is 27.6. The fourth-order valence-corrected chi connectivity index (χ4v) is 7.60. The predicted molar refractivity (Wildman–Crippen MR) is 180 cm³/mol.